The predicted molar refractivity (Wildman–Crippen MR) is 126 cm³/mol. The van der Waals surface area contributed by atoms with Crippen molar-refractivity contribution in [3.05, 3.63) is 65.9 Å². The fraction of sp³-hybridized carbons (Fsp3) is 0.190. The van der Waals surface area contributed by atoms with E-state index in [-0.39, 0.29) is 15.8 Å². The molecule has 0 aliphatic carbocycles. The van der Waals surface area contributed by atoms with E-state index in [0.29, 0.717) is 36.0 Å². The van der Waals surface area contributed by atoms with Crippen LogP contribution in [0, 0.1) is 6.92 Å². The molecule has 3 aromatic rings. The second kappa shape index (κ2) is 10.9. The van der Waals surface area contributed by atoms with E-state index in [1.165, 1.54) is 30.3 Å². The molecule has 0 unspecified atom stereocenters. The number of aryl methyl sites for hydroxylation is 1. The Morgan fingerprint density at radius 2 is 1.79 bits per heavy atom. The van der Waals surface area contributed by atoms with Crippen molar-refractivity contribution in [3.8, 4) is 5.75 Å². The number of hydrogen-bond acceptors (Lipinski definition) is 8. The van der Waals surface area contributed by atoms with Gasteiger partial charge in [0.2, 0.25) is 0 Å². The smallest absolute Gasteiger partial charge is 0.263 e. The van der Waals surface area contributed by atoms with E-state index >= 15 is 0 Å². The van der Waals surface area contributed by atoms with Crippen molar-refractivity contribution >= 4 is 44.8 Å². The van der Waals surface area contributed by atoms with Crippen LogP contribution in [0.15, 0.2) is 64.0 Å². The van der Waals surface area contributed by atoms with Crippen molar-refractivity contribution < 1.29 is 27.2 Å². The summed E-state index contributed by atoms with van der Waals surface area (Å²) in [6.45, 7) is 2.53. The molecule has 174 valence electrons. The highest BCUT2D eigenvalue weighted by molar-refractivity contribution is 7.92. The Balaban J connectivity index is 1.54. The van der Waals surface area contributed by atoms with E-state index in [1.807, 2.05) is 0 Å². The number of carbonyl (C=O) groups excluding carboxylic acids is 1. The van der Waals surface area contributed by atoms with Crippen LogP contribution in [0.2, 0.25) is 0 Å². The first-order chi connectivity index (χ1) is 15.8. The average molecular weight is 491 g/mol. The molecule has 1 amide bonds. The number of rotatable bonds is 9. The van der Waals surface area contributed by atoms with Gasteiger partial charge in [0, 0.05) is 24.4 Å². The van der Waals surface area contributed by atoms with E-state index in [1.54, 1.807) is 38.3 Å². The van der Waals surface area contributed by atoms with Crippen LogP contribution in [0.1, 0.15) is 16.1 Å². The number of ether oxygens (including phenoxy) is 2. The summed E-state index contributed by atoms with van der Waals surface area (Å²) >= 11 is 5.17. The Morgan fingerprint density at radius 3 is 2.39 bits per heavy atom. The summed E-state index contributed by atoms with van der Waals surface area (Å²) in [4.78, 5) is 12.4. The zero-order valence-electron chi connectivity index (χ0n) is 17.8. The molecule has 1 aromatic heterocycles. The number of anilines is 2. The van der Waals surface area contributed by atoms with Gasteiger partial charge in [-0.15, -0.1) is 0 Å². The van der Waals surface area contributed by atoms with E-state index < -0.39 is 15.9 Å². The first-order valence-corrected chi connectivity index (χ1v) is 11.6. The lowest BCUT2D eigenvalue weighted by atomic mass is 10.2. The summed E-state index contributed by atoms with van der Waals surface area (Å²) in [6.07, 6.45) is 0. The Morgan fingerprint density at radius 1 is 1.09 bits per heavy atom. The van der Waals surface area contributed by atoms with E-state index in [9.17, 15) is 13.2 Å². The Labute approximate surface area is 196 Å². The summed E-state index contributed by atoms with van der Waals surface area (Å²) in [6, 6.07) is 13.9. The van der Waals surface area contributed by atoms with Gasteiger partial charge in [-0.25, -0.2) is 8.42 Å². The zero-order chi connectivity index (χ0) is 23.8. The molecule has 12 heteroatoms. The van der Waals surface area contributed by atoms with Crippen molar-refractivity contribution in [1.29, 1.82) is 0 Å². The molecule has 0 spiro atoms. The molecule has 0 fully saturated rings. The molecule has 0 atom stereocenters. The molecule has 0 saturated heterocycles. The first kappa shape index (κ1) is 24.2. The zero-order valence-corrected chi connectivity index (χ0v) is 19.5. The number of thiocarbonyl (C=S) groups is 1. The van der Waals surface area contributed by atoms with Crippen LogP contribution in [0.5, 0.6) is 5.75 Å². The van der Waals surface area contributed by atoms with Gasteiger partial charge in [-0.05, 0) is 67.7 Å². The molecule has 0 aliphatic rings. The van der Waals surface area contributed by atoms with Crippen LogP contribution < -0.4 is 20.1 Å². The number of hydrogen-bond donors (Lipinski definition) is 3. The summed E-state index contributed by atoms with van der Waals surface area (Å²) in [5, 5.41) is 9.08. The third-order valence-electron chi connectivity index (χ3n) is 4.19. The summed E-state index contributed by atoms with van der Waals surface area (Å²) in [7, 11) is -2.25. The number of nitrogens with zero attached hydrogens (tertiary/aromatic N) is 1. The van der Waals surface area contributed by atoms with Crippen LogP contribution in [0.25, 0.3) is 0 Å². The molecule has 3 N–H and O–H groups in total. The molecule has 33 heavy (non-hydrogen) atoms. The molecule has 0 radical (unpaired) electrons. The van der Waals surface area contributed by atoms with Crippen molar-refractivity contribution in [2.24, 2.45) is 0 Å². The first-order valence-electron chi connectivity index (χ1n) is 9.67. The highest BCUT2D eigenvalue weighted by Crippen LogP contribution is 2.18. The van der Waals surface area contributed by atoms with Gasteiger partial charge in [0.25, 0.3) is 15.9 Å². The molecule has 1 heterocycles. The molecule has 0 saturated carbocycles. The minimum absolute atomic E-state index is 0.0245. The van der Waals surface area contributed by atoms with E-state index in [2.05, 4.69) is 20.5 Å². The summed E-state index contributed by atoms with van der Waals surface area (Å²) in [5.41, 5.74) is 0.896. The molecule has 3 rings (SSSR count). The number of methoxy groups -OCH3 is 1. The van der Waals surface area contributed by atoms with Gasteiger partial charge in [-0.2, -0.15) is 0 Å². The fourth-order valence-electron chi connectivity index (χ4n) is 2.61. The van der Waals surface area contributed by atoms with Gasteiger partial charge >= 0.3 is 0 Å². The number of amides is 1. The third kappa shape index (κ3) is 7.00. The highest BCUT2D eigenvalue weighted by Gasteiger charge is 2.16. The van der Waals surface area contributed by atoms with E-state index in [0.717, 1.165) is 0 Å². The van der Waals surface area contributed by atoms with Gasteiger partial charge in [0.05, 0.1) is 11.5 Å². The monoisotopic (exact) mass is 490 g/mol. The van der Waals surface area contributed by atoms with Crippen LogP contribution in [-0.2, 0) is 14.8 Å². The third-order valence-corrected chi connectivity index (χ3v) is 5.76. The SMILES string of the molecule is COCCOc1ccc(C(=O)NC(=S)Nc2ccc(S(=O)(=O)Nc3cc(C)on3)cc2)cc1. The number of benzene rings is 2. The number of carbonyl (C=O) groups is 1. The predicted octanol–water partition coefficient (Wildman–Crippen LogP) is 2.94. The molecule has 2 aromatic carbocycles. The van der Waals surface area contributed by atoms with Crippen LogP contribution in [0.3, 0.4) is 0 Å². The fourth-order valence-corrected chi connectivity index (χ4v) is 3.81. The van der Waals surface area contributed by atoms with Crippen molar-refractivity contribution in [1.82, 2.24) is 10.5 Å². The normalized spacial score (nSPS) is 11.0. The van der Waals surface area contributed by atoms with Crippen LogP contribution in [0.4, 0.5) is 11.5 Å². The Bertz CT molecular complexity index is 1210. The topological polar surface area (TPSA) is 132 Å². The van der Waals surface area contributed by atoms with Gasteiger partial charge in [0.1, 0.15) is 18.1 Å². The molecule has 0 aliphatic heterocycles. The molecule has 0 bridgehead atoms. The lowest BCUT2D eigenvalue weighted by Crippen LogP contribution is -2.34. The number of nitrogens with one attached hydrogen (secondary N) is 3. The van der Waals surface area contributed by atoms with Gasteiger partial charge in [-0.3, -0.25) is 14.8 Å². The van der Waals surface area contributed by atoms with Crippen LogP contribution in [-0.4, -0.2) is 44.9 Å². The minimum Gasteiger partial charge on any atom is -0.491 e. The standard InChI is InChI=1S/C21H22N4O6S2/c1-14-13-19(24-31-14)25-33(27,28)18-9-5-16(6-10-18)22-21(32)23-20(26)15-3-7-17(8-4-15)30-12-11-29-2/h3-10,13H,11-12H2,1-2H3,(H,24,25)(H2,22,23,26,32). The summed E-state index contributed by atoms with van der Waals surface area (Å²) in [5.74, 6) is 0.789. The number of aromatic nitrogens is 1. The lowest BCUT2D eigenvalue weighted by Gasteiger charge is -2.11. The van der Waals surface area contributed by atoms with Crippen LogP contribution >= 0.6 is 12.2 Å². The van der Waals surface area contributed by atoms with Crippen molar-refractivity contribution in [3.63, 3.8) is 0 Å². The second-order valence-corrected chi connectivity index (χ2v) is 8.82. The molecular formula is C21H22N4O6S2. The second-order valence-electron chi connectivity index (χ2n) is 6.73. The van der Waals surface area contributed by atoms with Gasteiger partial charge < -0.3 is 19.3 Å². The minimum atomic E-state index is -3.83. The van der Waals surface area contributed by atoms with Crippen molar-refractivity contribution in [2.75, 3.05) is 30.4 Å². The summed E-state index contributed by atoms with van der Waals surface area (Å²) < 4.78 is 42.4. The number of sulfonamides is 1. The average Bonchev–Trinajstić information content (AvgIpc) is 3.18. The maximum Gasteiger partial charge on any atom is 0.263 e. The lowest BCUT2D eigenvalue weighted by molar-refractivity contribution is 0.0977. The highest BCUT2D eigenvalue weighted by atomic mass is 32.2. The van der Waals surface area contributed by atoms with Gasteiger partial charge in [-0.1, -0.05) is 5.16 Å². The quantitative estimate of drug-likeness (QED) is 0.306. The van der Waals surface area contributed by atoms with Crippen molar-refractivity contribution in [2.45, 2.75) is 11.8 Å². The van der Waals surface area contributed by atoms with Gasteiger partial charge in [0.15, 0.2) is 10.9 Å². The molecule has 10 nitrogen and oxygen atoms in total. The maximum absolute atomic E-state index is 12.4. The Hall–Kier alpha value is -3.48. The largest absolute Gasteiger partial charge is 0.491 e. The molecular weight excluding hydrogens is 468 g/mol. The maximum atomic E-state index is 12.4. The Kier molecular flexibility index (Phi) is 7.98. The van der Waals surface area contributed by atoms with E-state index in [4.69, 9.17) is 26.2 Å².